The summed E-state index contributed by atoms with van der Waals surface area (Å²) < 4.78 is 5.45. The second kappa shape index (κ2) is 1.95. The third-order valence-corrected chi connectivity index (χ3v) is 2.40. The molecule has 2 aliphatic rings. The van der Waals surface area contributed by atoms with Crippen molar-refractivity contribution >= 4 is 5.84 Å². The standard InChI is InChI=1S/C7H12N2O/c1-8-7-6-3-5(4-10-6)9(7)2/h5-6H,3-4H2,1-2H3. The number of ether oxygens (including phenoxy) is 1. The average molecular weight is 140 g/mol. The van der Waals surface area contributed by atoms with Crippen LogP contribution in [0.25, 0.3) is 0 Å². The minimum Gasteiger partial charge on any atom is -0.368 e. The molecule has 0 N–H and O–H groups in total. The number of fused-ring (bicyclic) bond motifs is 2. The van der Waals surface area contributed by atoms with Crippen molar-refractivity contribution in [3.63, 3.8) is 0 Å². The van der Waals surface area contributed by atoms with Crippen LogP contribution in [0.3, 0.4) is 0 Å². The molecule has 0 amide bonds. The fraction of sp³-hybridized carbons (Fsp3) is 0.857. The summed E-state index contributed by atoms with van der Waals surface area (Å²) in [5.41, 5.74) is 0. The van der Waals surface area contributed by atoms with Crippen LogP contribution in [0.4, 0.5) is 0 Å². The highest BCUT2D eigenvalue weighted by Gasteiger charge is 2.41. The van der Waals surface area contributed by atoms with E-state index in [0.29, 0.717) is 12.1 Å². The van der Waals surface area contributed by atoms with Crippen LogP contribution >= 0.6 is 0 Å². The first kappa shape index (κ1) is 6.16. The van der Waals surface area contributed by atoms with E-state index in [0.717, 1.165) is 18.9 Å². The summed E-state index contributed by atoms with van der Waals surface area (Å²) in [6, 6.07) is 0.601. The zero-order valence-electron chi connectivity index (χ0n) is 6.37. The number of hydrogen-bond donors (Lipinski definition) is 0. The maximum atomic E-state index is 5.45. The Balaban J connectivity index is 2.25. The number of rotatable bonds is 0. The lowest BCUT2D eigenvalue weighted by Gasteiger charge is -2.25. The summed E-state index contributed by atoms with van der Waals surface area (Å²) in [5.74, 6) is 1.12. The van der Waals surface area contributed by atoms with Gasteiger partial charge in [0.05, 0.1) is 12.6 Å². The lowest BCUT2D eigenvalue weighted by atomic mass is 10.2. The van der Waals surface area contributed by atoms with E-state index < -0.39 is 0 Å². The number of amidine groups is 1. The van der Waals surface area contributed by atoms with E-state index in [9.17, 15) is 0 Å². The first-order valence-electron chi connectivity index (χ1n) is 3.64. The summed E-state index contributed by atoms with van der Waals surface area (Å²) in [4.78, 5) is 6.40. The van der Waals surface area contributed by atoms with E-state index in [1.165, 1.54) is 0 Å². The fourth-order valence-electron chi connectivity index (χ4n) is 1.78. The predicted molar refractivity (Wildman–Crippen MR) is 39.3 cm³/mol. The van der Waals surface area contributed by atoms with Gasteiger partial charge < -0.3 is 9.64 Å². The molecule has 3 nitrogen and oxygen atoms in total. The van der Waals surface area contributed by atoms with Crippen LogP contribution in [0, 0.1) is 0 Å². The maximum absolute atomic E-state index is 5.45. The second-order valence-corrected chi connectivity index (χ2v) is 2.90. The topological polar surface area (TPSA) is 24.8 Å². The molecule has 2 rings (SSSR count). The molecular formula is C7H12N2O. The Morgan fingerprint density at radius 3 is 2.90 bits per heavy atom. The molecule has 0 aliphatic carbocycles. The molecule has 2 saturated heterocycles. The van der Waals surface area contributed by atoms with Crippen molar-refractivity contribution < 1.29 is 4.74 Å². The smallest absolute Gasteiger partial charge is 0.128 e. The van der Waals surface area contributed by atoms with Crippen molar-refractivity contribution in [3.05, 3.63) is 0 Å². The monoisotopic (exact) mass is 140 g/mol. The SMILES string of the molecule is CN=C1C2CC(CO2)N1C. The van der Waals surface area contributed by atoms with E-state index >= 15 is 0 Å². The molecule has 56 valence electrons. The first-order valence-corrected chi connectivity index (χ1v) is 3.64. The van der Waals surface area contributed by atoms with Gasteiger partial charge in [-0.1, -0.05) is 0 Å². The maximum Gasteiger partial charge on any atom is 0.128 e. The number of hydrogen-bond acceptors (Lipinski definition) is 2. The van der Waals surface area contributed by atoms with Crippen molar-refractivity contribution in [2.24, 2.45) is 4.99 Å². The Kier molecular flexibility index (Phi) is 1.20. The van der Waals surface area contributed by atoms with Crippen molar-refractivity contribution in [2.45, 2.75) is 18.6 Å². The molecule has 2 atom stereocenters. The molecular weight excluding hydrogens is 128 g/mol. The summed E-state index contributed by atoms with van der Waals surface area (Å²) in [6.07, 6.45) is 1.45. The Morgan fingerprint density at radius 2 is 2.50 bits per heavy atom. The highest BCUT2D eigenvalue weighted by atomic mass is 16.5. The molecule has 3 heteroatoms. The average Bonchev–Trinajstić information content (AvgIpc) is 2.46. The van der Waals surface area contributed by atoms with E-state index in [1.54, 1.807) is 0 Å². The lowest BCUT2D eigenvalue weighted by Crippen LogP contribution is -2.38. The molecule has 2 fully saturated rings. The van der Waals surface area contributed by atoms with Gasteiger partial charge in [0.25, 0.3) is 0 Å². The van der Waals surface area contributed by atoms with E-state index in [2.05, 4.69) is 16.9 Å². The molecule has 0 aromatic carbocycles. The molecule has 0 radical (unpaired) electrons. The van der Waals surface area contributed by atoms with Crippen LogP contribution in [0.15, 0.2) is 4.99 Å². The predicted octanol–water partition coefficient (Wildman–Crippen LogP) is 0.118. The van der Waals surface area contributed by atoms with Crippen molar-refractivity contribution in [1.29, 1.82) is 0 Å². The van der Waals surface area contributed by atoms with Crippen LogP contribution in [0.2, 0.25) is 0 Å². The summed E-state index contributed by atoms with van der Waals surface area (Å²) in [6.45, 7) is 0.889. The molecule has 2 bridgehead atoms. The largest absolute Gasteiger partial charge is 0.368 e. The molecule has 2 unspecified atom stereocenters. The number of morpholine rings is 1. The van der Waals surface area contributed by atoms with E-state index in [1.807, 2.05) is 7.05 Å². The van der Waals surface area contributed by atoms with Crippen LogP contribution in [0.1, 0.15) is 6.42 Å². The fourth-order valence-corrected chi connectivity index (χ4v) is 1.78. The summed E-state index contributed by atoms with van der Waals surface area (Å²) >= 11 is 0. The Labute approximate surface area is 60.7 Å². The van der Waals surface area contributed by atoms with Gasteiger partial charge in [-0.15, -0.1) is 0 Å². The van der Waals surface area contributed by atoms with Gasteiger partial charge >= 0.3 is 0 Å². The second-order valence-electron chi connectivity index (χ2n) is 2.90. The van der Waals surface area contributed by atoms with Crippen molar-refractivity contribution in [3.8, 4) is 0 Å². The number of nitrogens with zero attached hydrogens (tertiary/aromatic N) is 2. The Morgan fingerprint density at radius 1 is 1.70 bits per heavy atom. The van der Waals surface area contributed by atoms with Gasteiger partial charge in [0.2, 0.25) is 0 Å². The van der Waals surface area contributed by atoms with Crippen LogP contribution in [-0.2, 0) is 4.74 Å². The molecule has 2 heterocycles. The number of likely N-dealkylation sites (tertiary alicyclic amines) is 1. The van der Waals surface area contributed by atoms with Crippen molar-refractivity contribution in [1.82, 2.24) is 4.90 Å². The van der Waals surface area contributed by atoms with Gasteiger partial charge in [-0.25, -0.2) is 0 Å². The molecule has 0 saturated carbocycles. The third kappa shape index (κ3) is 0.611. The number of aliphatic imine (C=N–C) groups is 1. The van der Waals surface area contributed by atoms with Crippen molar-refractivity contribution in [2.75, 3.05) is 20.7 Å². The highest BCUT2D eigenvalue weighted by molar-refractivity contribution is 5.89. The quantitative estimate of drug-likeness (QED) is 0.477. The van der Waals surface area contributed by atoms with Gasteiger partial charge in [0, 0.05) is 20.5 Å². The van der Waals surface area contributed by atoms with Gasteiger partial charge in [-0.2, -0.15) is 0 Å². The molecule has 0 aromatic rings. The normalized spacial score (nSPS) is 41.8. The summed E-state index contributed by atoms with van der Waals surface area (Å²) in [7, 11) is 3.92. The van der Waals surface area contributed by atoms with Gasteiger partial charge in [0.1, 0.15) is 11.9 Å². The number of likely N-dealkylation sites (N-methyl/N-ethyl adjacent to an activating group) is 1. The van der Waals surface area contributed by atoms with E-state index in [-0.39, 0.29) is 0 Å². The summed E-state index contributed by atoms with van der Waals surface area (Å²) in [5, 5.41) is 0. The third-order valence-electron chi connectivity index (χ3n) is 2.40. The minimum atomic E-state index is 0.306. The molecule has 2 aliphatic heterocycles. The van der Waals surface area contributed by atoms with Gasteiger partial charge in [0.15, 0.2) is 0 Å². The van der Waals surface area contributed by atoms with Crippen LogP contribution < -0.4 is 0 Å². The molecule has 0 aromatic heterocycles. The molecule has 0 spiro atoms. The van der Waals surface area contributed by atoms with Gasteiger partial charge in [-0.3, -0.25) is 4.99 Å². The Bertz CT molecular complexity index is 174. The first-order chi connectivity index (χ1) is 4.83. The van der Waals surface area contributed by atoms with E-state index in [4.69, 9.17) is 4.74 Å². The zero-order chi connectivity index (χ0) is 7.14. The van der Waals surface area contributed by atoms with Crippen LogP contribution in [0.5, 0.6) is 0 Å². The minimum absolute atomic E-state index is 0.306. The highest BCUT2D eigenvalue weighted by Crippen LogP contribution is 2.27. The zero-order valence-corrected chi connectivity index (χ0v) is 6.37. The molecule has 10 heavy (non-hydrogen) atoms. The Hall–Kier alpha value is -0.570. The van der Waals surface area contributed by atoms with Crippen LogP contribution in [-0.4, -0.2) is 43.6 Å². The lowest BCUT2D eigenvalue weighted by molar-refractivity contribution is 0.116. The van der Waals surface area contributed by atoms with Gasteiger partial charge in [-0.05, 0) is 0 Å².